The zero-order valence-electron chi connectivity index (χ0n) is 11.0. The Morgan fingerprint density at radius 2 is 1.78 bits per heavy atom. The third-order valence-electron chi connectivity index (χ3n) is 2.26. The van der Waals surface area contributed by atoms with Crippen molar-refractivity contribution in [1.82, 2.24) is 0 Å². The van der Waals surface area contributed by atoms with Gasteiger partial charge in [-0.25, -0.2) is 0 Å². The van der Waals surface area contributed by atoms with Crippen molar-refractivity contribution in [2.24, 2.45) is 0 Å². The van der Waals surface area contributed by atoms with Crippen molar-refractivity contribution >= 4 is 0 Å². The van der Waals surface area contributed by atoms with Crippen molar-refractivity contribution in [1.29, 1.82) is 0 Å². The van der Waals surface area contributed by atoms with Crippen LogP contribution in [-0.2, 0) is 0 Å². The molecule has 18 heavy (non-hydrogen) atoms. The van der Waals surface area contributed by atoms with Gasteiger partial charge in [0.25, 0.3) is 0 Å². The van der Waals surface area contributed by atoms with Crippen LogP contribution >= 0.6 is 0 Å². The molecule has 96 valence electrons. The van der Waals surface area contributed by atoms with E-state index in [0.717, 1.165) is 12.8 Å². The van der Waals surface area contributed by atoms with Gasteiger partial charge in [0.15, 0.2) is 0 Å². The first-order chi connectivity index (χ1) is 8.81. The summed E-state index contributed by atoms with van der Waals surface area (Å²) in [5, 5.41) is 9.04. The molecule has 0 unspecified atom stereocenters. The molecule has 0 aromatic heterocycles. The highest BCUT2D eigenvalue weighted by molar-refractivity contribution is 5.29. The highest BCUT2D eigenvalue weighted by Crippen LogP contribution is 2.03. The minimum absolute atomic E-state index is 0.714. The molecule has 0 amide bonds. The van der Waals surface area contributed by atoms with Crippen LogP contribution in [0.25, 0.3) is 0 Å². The van der Waals surface area contributed by atoms with E-state index in [4.69, 9.17) is 5.11 Å². The number of aliphatic hydroxyl groups excluding tert-OH is 1. The fourth-order valence-electron chi connectivity index (χ4n) is 1.25. The Bertz CT molecular complexity index is 368. The van der Waals surface area contributed by atoms with Gasteiger partial charge in [-0.05, 0) is 37.5 Å². The fraction of sp³-hybridized carbons (Fsp3) is 0.412. The molecule has 0 aliphatic carbocycles. The minimum atomic E-state index is -0.773. The van der Waals surface area contributed by atoms with Gasteiger partial charge in [0.05, 0.1) is 0 Å². The molecule has 0 aromatic rings. The Morgan fingerprint density at radius 1 is 1.00 bits per heavy atom. The Labute approximate surface area is 111 Å². The lowest BCUT2D eigenvalue weighted by atomic mass is 10.1. The lowest BCUT2D eigenvalue weighted by Gasteiger charge is -1.93. The topological polar surface area (TPSA) is 20.2 Å². The molecule has 0 saturated heterocycles. The molecule has 0 aliphatic rings. The van der Waals surface area contributed by atoms with Gasteiger partial charge in [-0.3, -0.25) is 0 Å². The Hall–Kier alpha value is -1.70. The van der Waals surface area contributed by atoms with Crippen LogP contribution in [-0.4, -0.2) is 11.2 Å². The maximum Gasteiger partial charge on any atom is 0.134 e. The van der Waals surface area contributed by atoms with Crippen LogP contribution in [0, 0.1) is 23.7 Å². The number of hydrogen-bond acceptors (Lipinski definition) is 1. The van der Waals surface area contributed by atoms with E-state index in [1.807, 2.05) is 6.08 Å². The smallest absolute Gasteiger partial charge is 0.134 e. The van der Waals surface area contributed by atoms with Crippen molar-refractivity contribution in [3.05, 3.63) is 37.5 Å². The Morgan fingerprint density at radius 3 is 2.50 bits per heavy atom. The molecule has 0 radical (unpaired) electrons. The highest BCUT2D eigenvalue weighted by Gasteiger charge is 1.85. The zero-order valence-corrected chi connectivity index (χ0v) is 11.0. The van der Waals surface area contributed by atoms with Gasteiger partial charge in [-0.2, -0.15) is 0 Å². The van der Waals surface area contributed by atoms with E-state index in [-0.39, 0.29) is 0 Å². The number of hydrogen-bond donors (Lipinski definition) is 1. The predicted octanol–water partition coefficient (Wildman–Crippen LogP) is 3.62. The van der Waals surface area contributed by atoms with Crippen LogP contribution in [0.1, 0.15) is 38.5 Å². The van der Waals surface area contributed by atoms with E-state index in [1.54, 1.807) is 0 Å². The summed E-state index contributed by atoms with van der Waals surface area (Å²) in [4.78, 5) is 0. The highest BCUT2D eigenvalue weighted by atomic mass is 16.3. The number of rotatable bonds is 8. The average molecular weight is 242 g/mol. The summed E-state index contributed by atoms with van der Waals surface area (Å²) < 4.78 is 0. The number of aliphatic hydroxyl groups is 1. The second-order valence-corrected chi connectivity index (χ2v) is 3.85. The molecule has 0 spiro atoms. The van der Waals surface area contributed by atoms with E-state index < -0.39 is 6.10 Å². The van der Waals surface area contributed by atoms with E-state index in [2.05, 4.69) is 49.0 Å². The van der Waals surface area contributed by atoms with E-state index in [0.29, 0.717) is 6.42 Å². The van der Waals surface area contributed by atoms with Crippen LogP contribution in [0.2, 0.25) is 0 Å². The maximum absolute atomic E-state index is 9.04. The molecule has 0 heterocycles. The molecule has 0 saturated carbocycles. The summed E-state index contributed by atoms with van der Waals surface area (Å²) >= 11 is 0. The summed E-state index contributed by atoms with van der Waals surface area (Å²) in [7, 11) is 0. The van der Waals surface area contributed by atoms with Crippen molar-refractivity contribution in [2.45, 2.75) is 44.6 Å². The SMILES string of the molecule is C=CCCCCC/C=C/CC#CC#C[C@H](O)C=C. The lowest BCUT2D eigenvalue weighted by Crippen LogP contribution is -1.94. The summed E-state index contributed by atoms with van der Waals surface area (Å²) in [6.45, 7) is 7.12. The summed E-state index contributed by atoms with van der Waals surface area (Å²) in [5.41, 5.74) is 0. The van der Waals surface area contributed by atoms with E-state index in [1.165, 1.54) is 25.3 Å². The summed E-state index contributed by atoms with van der Waals surface area (Å²) in [6.07, 6.45) is 13.5. The molecule has 1 N–H and O–H groups in total. The predicted molar refractivity (Wildman–Crippen MR) is 78.8 cm³/mol. The molecule has 1 atom stereocenters. The van der Waals surface area contributed by atoms with Gasteiger partial charge in [0.1, 0.15) is 6.10 Å². The monoisotopic (exact) mass is 242 g/mol. The molecular weight excluding hydrogens is 220 g/mol. The Kier molecular flexibility index (Phi) is 12.1. The third-order valence-corrected chi connectivity index (χ3v) is 2.26. The number of allylic oxidation sites excluding steroid dienone is 3. The second-order valence-electron chi connectivity index (χ2n) is 3.85. The van der Waals surface area contributed by atoms with Crippen LogP contribution in [0.15, 0.2) is 37.5 Å². The van der Waals surface area contributed by atoms with E-state index >= 15 is 0 Å². The van der Waals surface area contributed by atoms with Crippen LogP contribution < -0.4 is 0 Å². The maximum atomic E-state index is 9.04. The van der Waals surface area contributed by atoms with Crippen molar-refractivity contribution < 1.29 is 5.11 Å². The molecule has 1 heteroatoms. The van der Waals surface area contributed by atoms with Crippen molar-refractivity contribution in [3.8, 4) is 23.7 Å². The first kappa shape index (κ1) is 16.3. The van der Waals surface area contributed by atoms with Gasteiger partial charge in [0.2, 0.25) is 0 Å². The normalized spacial score (nSPS) is 10.9. The Balaban J connectivity index is 3.52. The summed E-state index contributed by atoms with van der Waals surface area (Å²) in [6, 6.07) is 0. The standard InChI is InChI=1S/C17H22O/c1-3-5-6-7-8-9-10-11-12-13-14-15-16-17(18)4-2/h3-4,10-11,17-18H,1-2,5-9,12H2/b11-10+/t17-/m1/s1. The first-order valence-electron chi connectivity index (χ1n) is 6.36. The van der Waals surface area contributed by atoms with Crippen LogP contribution in [0.4, 0.5) is 0 Å². The van der Waals surface area contributed by atoms with Crippen LogP contribution in [0.3, 0.4) is 0 Å². The quantitative estimate of drug-likeness (QED) is 0.391. The van der Waals surface area contributed by atoms with Crippen LogP contribution in [0.5, 0.6) is 0 Å². The van der Waals surface area contributed by atoms with Gasteiger partial charge in [-0.15, -0.1) is 6.58 Å². The molecule has 0 aromatic carbocycles. The van der Waals surface area contributed by atoms with E-state index in [9.17, 15) is 0 Å². The first-order valence-corrected chi connectivity index (χ1v) is 6.36. The minimum Gasteiger partial charge on any atom is -0.377 e. The van der Waals surface area contributed by atoms with Crippen molar-refractivity contribution in [3.63, 3.8) is 0 Å². The average Bonchev–Trinajstić information content (AvgIpc) is 2.39. The second kappa shape index (κ2) is 13.4. The van der Waals surface area contributed by atoms with Gasteiger partial charge in [0, 0.05) is 6.42 Å². The zero-order chi connectivity index (χ0) is 13.5. The van der Waals surface area contributed by atoms with Gasteiger partial charge < -0.3 is 5.11 Å². The molecule has 0 rings (SSSR count). The molecule has 0 fully saturated rings. The summed E-state index contributed by atoms with van der Waals surface area (Å²) in [5.74, 6) is 10.7. The molecule has 1 nitrogen and oxygen atoms in total. The fourth-order valence-corrected chi connectivity index (χ4v) is 1.25. The van der Waals surface area contributed by atoms with Gasteiger partial charge in [-0.1, -0.05) is 49.1 Å². The third kappa shape index (κ3) is 12.4. The molecule has 0 aliphatic heterocycles. The lowest BCUT2D eigenvalue weighted by molar-refractivity contribution is 0.281. The van der Waals surface area contributed by atoms with Gasteiger partial charge >= 0.3 is 0 Å². The largest absolute Gasteiger partial charge is 0.377 e. The number of unbranched alkanes of at least 4 members (excludes halogenated alkanes) is 4. The molecule has 0 bridgehead atoms. The molecular formula is C17H22O. The van der Waals surface area contributed by atoms with Crippen molar-refractivity contribution in [2.75, 3.05) is 0 Å².